The molecule has 0 saturated carbocycles. The van der Waals surface area contributed by atoms with Crippen LogP contribution in [0.1, 0.15) is 26.3 Å². The number of fused-ring (bicyclic) bond motifs is 1. The van der Waals surface area contributed by atoms with Crippen molar-refractivity contribution in [3.8, 4) is 0 Å². The predicted octanol–water partition coefficient (Wildman–Crippen LogP) is 4.63. The van der Waals surface area contributed by atoms with E-state index < -0.39 is 27.9 Å². The fraction of sp³-hybridized carbons (Fsp3) is 0.0500. The first kappa shape index (κ1) is 22.7. The monoisotopic (exact) mass is 601 g/mol. The number of urea groups is 1. The average molecular weight is 602 g/mol. The maximum atomic E-state index is 12.8. The molecular formula is C20H13ClIN3O5S2. The molecule has 2 heterocycles. The number of nitrogens with one attached hydrogen (secondary N) is 2. The first-order valence-corrected chi connectivity index (χ1v) is 12.7. The van der Waals surface area contributed by atoms with Crippen LogP contribution in [0.5, 0.6) is 0 Å². The molecule has 3 aromatic rings. The van der Waals surface area contributed by atoms with Crippen molar-refractivity contribution in [2.24, 2.45) is 0 Å². The van der Waals surface area contributed by atoms with E-state index in [-0.39, 0.29) is 8.55 Å². The molecule has 0 spiro atoms. The third kappa shape index (κ3) is 4.12. The number of benzene rings is 2. The van der Waals surface area contributed by atoms with E-state index in [0.29, 0.717) is 31.6 Å². The fourth-order valence-electron chi connectivity index (χ4n) is 3.26. The standard InChI is InChI=1S/C20H13ClIN3O5S2/c1-10-8-11(23-20(28)24-32(29,30)16-7-6-15(21)31-16)9-14(22)17(10)25-18(26)12-4-2-3-5-13(12)19(25)27/h2-9H,1H3,(H2,23,24,28). The molecule has 2 N–H and O–H groups in total. The third-order valence-electron chi connectivity index (χ3n) is 4.57. The summed E-state index contributed by atoms with van der Waals surface area (Å²) in [6, 6.07) is 11.4. The van der Waals surface area contributed by atoms with E-state index in [4.69, 9.17) is 11.6 Å². The predicted molar refractivity (Wildman–Crippen MR) is 130 cm³/mol. The minimum absolute atomic E-state index is 0.0932. The van der Waals surface area contributed by atoms with Crippen LogP contribution in [0.3, 0.4) is 0 Å². The van der Waals surface area contributed by atoms with Crippen LogP contribution >= 0.6 is 45.5 Å². The number of hydrogen-bond donors (Lipinski definition) is 2. The van der Waals surface area contributed by atoms with Crippen molar-refractivity contribution in [1.29, 1.82) is 0 Å². The molecule has 2 aromatic carbocycles. The van der Waals surface area contributed by atoms with Crippen molar-refractivity contribution in [1.82, 2.24) is 4.72 Å². The van der Waals surface area contributed by atoms with Crippen molar-refractivity contribution in [3.05, 3.63) is 73.1 Å². The summed E-state index contributed by atoms with van der Waals surface area (Å²) in [4.78, 5) is 39.0. The lowest BCUT2D eigenvalue weighted by Gasteiger charge is -2.20. The van der Waals surface area contributed by atoms with Gasteiger partial charge in [-0.3, -0.25) is 9.59 Å². The maximum absolute atomic E-state index is 12.8. The van der Waals surface area contributed by atoms with Crippen molar-refractivity contribution < 1.29 is 22.8 Å². The average Bonchev–Trinajstić information content (AvgIpc) is 3.25. The van der Waals surface area contributed by atoms with Crippen molar-refractivity contribution in [2.45, 2.75) is 11.1 Å². The minimum atomic E-state index is -4.07. The molecule has 1 aromatic heterocycles. The number of carbonyl (C=O) groups excluding carboxylic acids is 3. The lowest BCUT2D eigenvalue weighted by Crippen LogP contribution is -2.34. The van der Waals surface area contributed by atoms with E-state index in [9.17, 15) is 22.8 Å². The molecule has 0 bridgehead atoms. The Hall–Kier alpha value is -2.48. The SMILES string of the molecule is Cc1cc(NC(=O)NS(=O)(=O)c2ccc(Cl)s2)cc(I)c1N1C(=O)c2ccccc2C1=O. The summed E-state index contributed by atoms with van der Waals surface area (Å²) in [5, 5.41) is 2.46. The molecule has 32 heavy (non-hydrogen) atoms. The van der Waals surface area contributed by atoms with Gasteiger partial charge in [0.1, 0.15) is 4.21 Å². The van der Waals surface area contributed by atoms with Gasteiger partial charge in [-0.05, 0) is 71.5 Å². The Bertz CT molecular complexity index is 1350. The zero-order chi connectivity index (χ0) is 23.2. The van der Waals surface area contributed by atoms with Gasteiger partial charge in [0.05, 0.1) is 21.2 Å². The smallest absolute Gasteiger partial charge is 0.307 e. The van der Waals surface area contributed by atoms with Crippen LogP contribution in [0.15, 0.2) is 52.7 Å². The summed E-state index contributed by atoms with van der Waals surface area (Å²) in [7, 11) is -4.07. The number of anilines is 2. The Labute approximate surface area is 205 Å². The van der Waals surface area contributed by atoms with Gasteiger partial charge in [-0.15, -0.1) is 11.3 Å². The van der Waals surface area contributed by atoms with Gasteiger partial charge < -0.3 is 5.32 Å². The Morgan fingerprint density at radius 2 is 1.69 bits per heavy atom. The Balaban J connectivity index is 1.57. The van der Waals surface area contributed by atoms with Crippen LogP contribution < -0.4 is 14.9 Å². The van der Waals surface area contributed by atoms with E-state index >= 15 is 0 Å². The topological polar surface area (TPSA) is 113 Å². The highest BCUT2D eigenvalue weighted by Crippen LogP contribution is 2.36. The molecule has 4 rings (SSSR count). The van der Waals surface area contributed by atoms with Crippen LogP contribution in [0.25, 0.3) is 0 Å². The van der Waals surface area contributed by atoms with E-state index in [1.807, 2.05) is 27.3 Å². The molecule has 0 unspecified atom stereocenters. The number of carbonyl (C=O) groups is 3. The molecular weight excluding hydrogens is 589 g/mol. The quantitative estimate of drug-likeness (QED) is 0.335. The first-order chi connectivity index (χ1) is 15.1. The molecule has 1 aliphatic rings. The zero-order valence-electron chi connectivity index (χ0n) is 16.2. The van der Waals surface area contributed by atoms with Gasteiger partial charge >= 0.3 is 6.03 Å². The number of nitrogens with zero attached hydrogens (tertiary/aromatic N) is 1. The minimum Gasteiger partial charge on any atom is -0.307 e. The highest BCUT2D eigenvalue weighted by atomic mass is 127. The van der Waals surface area contributed by atoms with Crippen LogP contribution in [-0.2, 0) is 10.0 Å². The molecule has 164 valence electrons. The second kappa shape index (κ2) is 8.46. The van der Waals surface area contributed by atoms with Gasteiger partial charge in [0.25, 0.3) is 21.8 Å². The van der Waals surface area contributed by atoms with Gasteiger partial charge in [-0.1, -0.05) is 23.7 Å². The number of thiophene rings is 1. The number of imide groups is 1. The van der Waals surface area contributed by atoms with Crippen LogP contribution in [0, 0.1) is 10.5 Å². The summed E-state index contributed by atoms with van der Waals surface area (Å²) in [5.41, 5.74) is 1.91. The summed E-state index contributed by atoms with van der Waals surface area (Å²) < 4.78 is 27.2. The van der Waals surface area contributed by atoms with E-state index in [1.165, 1.54) is 12.1 Å². The molecule has 0 radical (unpaired) electrons. The van der Waals surface area contributed by atoms with E-state index in [0.717, 1.165) is 16.2 Å². The van der Waals surface area contributed by atoms with E-state index in [2.05, 4.69) is 5.32 Å². The van der Waals surface area contributed by atoms with Crippen LogP contribution in [0.4, 0.5) is 16.2 Å². The number of sulfonamides is 1. The van der Waals surface area contributed by atoms with Gasteiger partial charge in [0.15, 0.2) is 0 Å². The third-order valence-corrected chi connectivity index (χ3v) is 8.45. The molecule has 0 atom stereocenters. The van der Waals surface area contributed by atoms with Gasteiger partial charge in [0.2, 0.25) is 0 Å². The molecule has 8 nitrogen and oxygen atoms in total. The van der Waals surface area contributed by atoms with Gasteiger partial charge in [0, 0.05) is 9.26 Å². The number of hydrogen-bond acceptors (Lipinski definition) is 6. The Kier molecular flexibility index (Phi) is 6.00. The lowest BCUT2D eigenvalue weighted by atomic mass is 10.1. The molecule has 0 fully saturated rings. The Morgan fingerprint density at radius 1 is 1.06 bits per heavy atom. The molecule has 0 aliphatic carbocycles. The lowest BCUT2D eigenvalue weighted by molar-refractivity contribution is 0.0925. The Morgan fingerprint density at radius 3 is 2.22 bits per heavy atom. The number of aryl methyl sites for hydroxylation is 1. The maximum Gasteiger partial charge on any atom is 0.333 e. The largest absolute Gasteiger partial charge is 0.333 e. The molecule has 12 heteroatoms. The molecule has 0 saturated heterocycles. The molecule has 4 amide bonds. The zero-order valence-corrected chi connectivity index (χ0v) is 20.7. The van der Waals surface area contributed by atoms with E-state index in [1.54, 1.807) is 43.3 Å². The number of halogens is 2. The fourth-order valence-corrected chi connectivity index (χ4v) is 6.65. The van der Waals surface area contributed by atoms with Crippen LogP contribution in [-0.4, -0.2) is 26.3 Å². The van der Waals surface area contributed by atoms with Crippen molar-refractivity contribution in [3.63, 3.8) is 0 Å². The summed E-state index contributed by atoms with van der Waals surface area (Å²) in [6.45, 7) is 1.69. The highest BCUT2D eigenvalue weighted by Gasteiger charge is 2.38. The van der Waals surface area contributed by atoms with Gasteiger partial charge in [-0.25, -0.2) is 22.8 Å². The highest BCUT2D eigenvalue weighted by molar-refractivity contribution is 14.1. The van der Waals surface area contributed by atoms with Crippen molar-refractivity contribution >= 4 is 84.8 Å². The second-order valence-corrected chi connectivity index (χ2v) is 11.5. The summed E-state index contributed by atoms with van der Waals surface area (Å²) in [6.07, 6.45) is 0. The number of rotatable bonds is 4. The molecule has 1 aliphatic heterocycles. The number of amides is 4. The normalized spacial score (nSPS) is 13.3. The summed E-state index contributed by atoms with van der Waals surface area (Å²) >= 11 is 8.54. The first-order valence-electron chi connectivity index (χ1n) is 8.95. The summed E-state index contributed by atoms with van der Waals surface area (Å²) in [5.74, 6) is -0.850. The second-order valence-electron chi connectivity index (χ2n) is 6.73. The van der Waals surface area contributed by atoms with Gasteiger partial charge in [-0.2, -0.15) is 0 Å². The van der Waals surface area contributed by atoms with Crippen molar-refractivity contribution in [2.75, 3.05) is 10.2 Å². The van der Waals surface area contributed by atoms with Crippen LogP contribution in [0.2, 0.25) is 4.34 Å².